The van der Waals surface area contributed by atoms with Gasteiger partial charge in [-0.2, -0.15) is 23.1 Å². The standard InChI is InChI=1S/C22H20ClF4N5O.C8H12FN/c1-33-21-30-19-13(20(31-21)32-5-3-2-4-10-6-15(10)32)9-29-18(17(19)24)12-7-11(28)8-14(23)16(12)22(25,26)27;9-5-7-4-8-2-1-3-10(8)6-7/h7-10,15H,2-6,28H2,1H3;5,8H,1-4,6H2/b;7-5+. The summed E-state index contributed by atoms with van der Waals surface area (Å²) in [7, 11) is 1.35. The van der Waals surface area contributed by atoms with Gasteiger partial charge < -0.3 is 15.4 Å². The minimum absolute atomic E-state index is 0.0467. The number of aromatic nitrogens is 3. The van der Waals surface area contributed by atoms with Crippen LogP contribution in [-0.2, 0) is 6.18 Å². The van der Waals surface area contributed by atoms with Gasteiger partial charge in [-0.1, -0.05) is 18.0 Å². The topological polar surface area (TPSA) is 80.4 Å². The Morgan fingerprint density at radius 3 is 2.65 bits per heavy atom. The Morgan fingerprint density at radius 2 is 1.93 bits per heavy atom. The molecule has 4 aliphatic rings. The summed E-state index contributed by atoms with van der Waals surface area (Å²) in [5.74, 6) is 0.0130. The van der Waals surface area contributed by atoms with Crippen molar-refractivity contribution in [3.05, 3.63) is 46.6 Å². The fourth-order valence-electron chi connectivity index (χ4n) is 6.70. The number of ether oxygens (including phenoxy) is 1. The van der Waals surface area contributed by atoms with Crippen molar-refractivity contribution in [1.82, 2.24) is 19.9 Å². The van der Waals surface area contributed by atoms with E-state index in [0.29, 0.717) is 29.2 Å². The van der Waals surface area contributed by atoms with Crippen LogP contribution in [-0.4, -0.2) is 58.7 Å². The van der Waals surface area contributed by atoms with E-state index in [1.54, 1.807) is 0 Å². The predicted molar refractivity (Wildman–Crippen MR) is 155 cm³/mol. The number of anilines is 2. The second-order valence-electron chi connectivity index (χ2n) is 11.6. The summed E-state index contributed by atoms with van der Waals surface area (Å²) in [6, 6.07) is 2.89. The second kappa shape index (κ2) is 11.7. The zero-order valence-electron chi connectivity index (χ0n) is 23.6. The van der Waals surface area contributed by atoms with Crippen LogP contribution in [0, 0.1) is 11.7 Å². The van der Waals surface area contributed by atoms with E-state index < -0.39 is 33.8 Å². The van der Waals surface area contributed by atoms with Crippen LogP contribution < -0.4 is 15.4 Å². The van der Waals surface area contributed by atoms with Crippen LogP contribution in [0.2, 0.25) is 5.02 Å². The molecule has 3 saturated heterocycles. The second-order valence-corrected chi connectivity index (χ2v) is 12.0. The van der Waals surface area contributed by atoms with Crippen molar-refractivity contribution in [2.45, 2.75) is 63.2 Å². The Labute approximate surface area is 250 Å². The van der Waals surface area contributed by atoms with Crippen LogP contribution in [0.1, 0.15) is 50.5 Å². The number of hydrogen-bond acceptors (Lipinski definition) is 7. The van der Waals surface area contributed by atoms with Crippen LogP contribution in [0.25, 0.3) is 22.2 Å². The van der Waals surface area contributed by atoms with E-state index in [1.165, 1.54) is 32.7 Å². The summed E-state index contributed by atoms with van der Waals surface area (Å²) in [5, 5.41) is -0.322. The molecule has 3 aromatic rings. The smallest absolute Gasteiger partial charge is 0.418 e. The van der Waals surface area contributed by atoms with Crippen LogP contribution in [0.15, 0.2) is 30.2 Å². The molecule has 1 saturated carbocycles. The first-order valence-electron chi connectivity index (χ1n) is 14.4. The van der Waals surface area contributed by atoms with Gasteiger partial charge in [-0.05, 0) is 68.7 Å². The van der Waals surface area contributed by atoms with Crippen molar-refractivity contribution in [2.75, 3.05) is 37.4 Å². The number of halogens is 6. The summed E-state index contributed by atoms with van der Waals surface area (Å²) in [4.78, 5) is 17.1. The summed E-state index contributed by atoms with van der Waals surface area (Å²) < 4.78 is 74.2. The molecule has 7 rings (SSSR count). The SMILES string of the molecule is COc1nc(N2CCCCC3CC32)c2cnc(-c3cc(N)cc(Cl)c3C(F)(F)F)c(F)c2n1.F/C=C1\CC2CCCN2C1. The minimum atomic E-state index is -4.84. The van der Waals surface area contributed by atoms with Gasteiger partial charge in [-0.3, -0.25) is 9.88 Å². The average molecular weight is 623 g/mol. The van der Waals surface area contributed by atoms with E-state index in [2.05, 4.69) is 24.8 Å². The van der Waals surface area contributed by atoms with Gasteiger partial charge in [0.15, 0.2) is 5.82 Å². The number of nitrogens with zero attached hydrogens (tertiary/aromatic N) is 5. The normalized spacial score (nSPS) is 24.4. The molecule has 0 radical (unpaired) electrons. The Kier molecular flexibility index (Phi) is 8.10. The van der Waals surface area contributed by atoms with E-state index in [1.807, 2.05) is 0 Å². The van der Waals surface area contributed by atoms with Gasteiger partial charge in [0.1, 0.15) is 17.0 Å². The summed E-state index contributed by atoms with van der Waals surface area (Å²) in [6.07, 6.45) is 5.05. The maximum Gasteiger partial charge on any atom is 0.418 e. The summed E-state index contributed by atoms with van der Waals surface area (Å²) in [6.45, 7) is 2.81. The number of rotatable bonds is 3. The largest absolute Gasteiger partial charge is 0.467 e. The molecule has 3 unspecified atom stereocenters. The first-order chi connectivity index (χ1) is 20.6. The van der Waals surface area contributed by atoms with Crippen molar-refractivity contribution < 1.29 is 26.7 Å². The van der Waals surface area contributed by atoms with Crippen LogP contribution in [0.3, 0.4) is 0 Å². The molecule has 13 heteroatoms. The molecule has 1 aliphatic carbocycles. The third-order valence-corrected chi connectivity index (χ3v) is 9.11. The summed E-state index contributed by atoms with van der Waals surface area (Å²) in [5.41, 5.74) is 4.18. The Bertz CT molecular complexity index is 1550. The maximum atomic E-state index is 15.8. The number of nitrogen functional groups attached to an aromatic ring is 1. The maximum absolute atomic E-state index is 15.8. The average Bonchev–Trinajstić information content (AvgIpc) is 3.47. The number of methoxy groups -OCH3 is 1. The predicted octanol–water partition coefficient (Wildman–Crippen LogP) is 7.18. The first kappa shape index (κ1) is 29.8. The molecule has 5 heterocycles. The molecule has 3 aliphatic heterocycles. The molecule has 0 amide bonds. The number of benzene rings is 1. The monoisotopic (exact) mass is 622 g/mol. The number of nitrogens with two attached hydrogens (primary N) is 1. The lowest BCUT2D eigenvalue weighted by Gasteiger charge is -2.24. The van der Waals surface area contributed by atoms with E-state index in [4.69, 9.17) is 22.1 Å². The number of pyridine rings is 1. The molecular weight excluding hydrogens is 591 g/mol. The molecule has 1 aromatic carbocycles. The van der Waals surface area contributed by atoms with Crippen molar-refractivity contribution >= 4 is 34.0 Å². The van der Waals surface area contributed by atoms with Gasteiger partial charge in [0.05, 0.1) is 29.4 Å². The summed E-state index contributed by atoms with van der Waals surface area (Å²) >= 11 is 5.85. The molecular formula is C30H32ClF5N6O. The highest BCUT2D eigenvalue weighted by molar-refractivity contribution is 6.32. The van der Waals surface area contributed by atoms with Crippen molar-refractivity contribution in [1.29, 1.82) is 0 Å². The lowest BCUT2D eigenvalue weighted by atomic mass is 10.0. The number of fused-ring (bicyclic) bond motifs is 3. The van der Waals surface area contributed by atoms with E-state index in [0.717, 1.165) is 69.2 Å². The Morgan fingerprint density at radius 1 is 1.12 bits per heavy atom. The lowest BCUT2D eigenvalue weighted by Crippen LogP contribution is -2.28. The van der Waals surface area contributed by atoms with Crippen LogP contribution in [0.5, 0.6) is 6.01 Å². The molecule has 4 fully saturated rings. The Balaban J connectivity index is 0.000000277. The molecule has 0 bridgehead atoms. The van der Waals surface area contributed by atoms with Crippen molar-refractivity contribution in [2.24, 2.45) is 5.92 Å². The van der Waals surface area contributed by atoms with E-state index in [9.17, 15) is 17.6 Å². The molecule has 2 N–H and O–H groups in total. The Hall–Kier alpha value is -3.25. The quantitative estimate of drug-likeness (QED) is 0.245. The minimum Gasteiger partial charge on any atom is -0.467 e. The molecule has 230 valence electrons. The lowest BCUT2D eigenvalue weighted by molar-refractivity contribution is -0.137. The molecule has 3 atom stereocenters. The fraction of sp³-hybridized carbons (Fsp3) is 0.500. The molecule has 2 aromatic heterocycles. The van der Waals surface area contributed by atoms with Crippen molar-refractivity contribution in [3.63, 3.8) is 0 Å². The highest BCUT2D eigenvalue weighted by atomic mass is 35.5. The van der Waals surface area contributed by atoms with Crippen LogP contribution in [0.4, 0.5) is 33.5 Å². The highest BCUT2D eigenvalue weighted by Gasteiger charge is 2.44. The van der Waals surface area contributed by atoms with E-state index in [-0.39, 0.29) is 17.2 Å². The van der Waals surface area contributed by atoms with Crippen LogP contribution >= 0.6 is 11.6 Å². The first-order valence-corrected chi connectivity index (χ1v) is 14.8. The van der Waals surface area contributed by atoms with Gasteiger partial charge in [-0.15, -0.1) is 0 Å². The zero-order valence-corrected chi connectivity index (χ0v) is 24.4. The highest BCUT2D eigenvalue weighted by Crippen LogP contribution is 2.47. The van der Waals surface area contributed by atoms with Gasteiger partial charge in [-0.25, -0.2) is 8.78 Å². The fourth-order valence-corrected chi connectivity index (χ4v) is 7.04. The third-order valence-electron chi connectivity index (χ3n) is 8.82. The molecule has 0 spiro atoms. The zero-order chi connectivity index (χ0) is 30.5. The van der Waals surface area contributed by atoms with Crippen molar-refractivity contribution in [3.8, 4) is 17.3 Å². The van der Waals surface area contributed by atoms with E-state index >= 15 is 4.39 Å². The van der Waals surface area contributed by atoms with Gasteiger partial charge >= 0.3 is 12.2 Å². The van der Waals surface area contributed by atoms with Gasteiger partial charge in [0.25, 0.3) is 0 Å². The molecule has 7 nitrogen and oxygen atoms in total. The van der Waals surface area contributed by atoms with Gasteiger partial charge in [0, 0.05) is 42.6 Å². The number of hydrogen-bond donors (Lipinski definition) is 1. The molecule has 43 heavy (non-hydrogen) atoms. The van der Waals surface area contributed by atoms with Gasteiger partial charge in [0.2, 0.25) is 0 Å². The third kappa shape index (κ3) is 5.83. The number of alkyl halides is 3.